The van der Waals surface area contributed by atoms with E-state index in [-0.39, 0.29) is 24.9 Å². The Hall–Kier alpha value is -0.230. The van der Waals surface area contributed by atoms with Crippen LogP contribution >= 0.6 is 7.60 Å². The summed E-state index contributed by atoms with van der Waals surface area (Å²) in [6.07, 6.45) is -1.58. The van der Waals surface area contributed by atoms with Crippen molar-refractivity contribution in [2.45, 2.75) is 38.3 Å². The summed E-state index contributed by atoms with van der Waals surface area (Å²) in [7, 11) is -1.25. The van der Waals surface area contributed by atoms with Gasteiger partial charge in [-0.3, -0.25) is 4.57 Å². The molecule has 106 valence electrons. The lowest BCUT2D eigenvalue weighted by atomic mass is 10.1. The van der Waals surface area contributed by atoms with Crippen molar-refractivity contribution in [3.63, 3.8) is 0 Å². The highest BCUT2D eigenvalue weighted by Gasteiger charge is 2.38. The number of ether oxygens (including phenoxy) is 3. The average Bonchev–Trinajstić information content (AvgIpc) is 2.70. The molecule has 6 nitrogen and oxygen atoms in total. The molecular weight excluding hydrogens is 259 g/mol. The molecule has 1 N–H and O–H groups in total. The Bertz CT molecular complexity index is 372. The highest BCUT2D eigenvalue weighted by Crippen LogP contribution is 2.42. The van der Waals surface area contributed by atoms with Gasteiger partial charge in [0.25, 0.3) is 0 Å². The van der Waals surface area contributed by atoms with Gasteiger partial charge in [0.2, 0.25) is 0 Å². The van der Waals surface area contributed by atoms with Crippen molar-refractivity contribution in [3.05, 3.63) is 11.9 Å². The Morgan fingerprint density at radius 1 is 1.56 bits per heavy atom. The minimum absolute atomic E-state index is 0.0667. The van der Waals surface area contributed by atoms with E-state index in [4.69, 9.17) is 15.6 Å². The monoisotopic (exact) mass is 281 g/mol. The van der Waals surface area contributed by atoms with Crippen LogP contribution in [0.1, 0.15) is 15.2 Å². The highest BCUT2D eigenvalue weighted by molar-refractivity contribution is 7.56. The normalized spacial score (nSPS) is 33.6. The molecule has 4 atom stereocenters. The van der Waals surface area contributed by atoms with Crippen molar-refractivity contribution < 1.29 is 29.6 Å². The molecule has 0 aromatic carbocycles. The van der Waals surface area contributed by atoms with Gasteiger partial charge in [-0.2, -0.15) is 0 Å². The predicted octanol–water partition coefficient (Wildman–Crippen LogP) is 1.54. The Labute approximate surface area is 109 Å². The fourth-order valence-corrected chi connectivity index (χ4v) is 2.06. The summed E-state index contributed by atoms with van der Waals surface area (Å²) in [6.45, 7) is 4.00. The lowest BCUT2D eigenvalue weighted by Gasteiger charge is -2.23. The summed E-state index contributed by atoms with van der Waals surface area (Å²) in [5.74, 6) is 0.867. The van der Waals surface area contributed by atoms with E-state index >= 15 is 0 Å². The topological polar surface area (TPSA) is 74.2 Å². The van der Waals surface area contributed by atoms with Crippen molar-refractivity contribution in [2.75, 3.05) is 20.8 Å². The van der Waals surface area contributed by atoms with Gasteiger partial charge in [-0.05, 0) is 19.9 Å². The van der Waals surface area contributed by atoms with Gasteiger partial charge in [0.15, 0.2) is 0 Å². The Balaban J connectivity index is 2.88. The van der Waals surface area contributed by atoms with E-state index in [0.717, 1.165) is 12.9 Å². The van der Waals surface area contributed by atoms with Crippen LogP contribution in [-0.2, 0) is 23.3 Å². The van der Waals surface area contributed by atoms with Crippen molar-refractivity contribution in [1.82, 2.24) is 0 Å². The molecule has 1 heterocycles. The van der Waals surface area contributed by atoms with Crippen molar-refractivity contribution in [1.29, 1.82) is 0 Å². The first-order chi connectivity index (χ1) is 8.80. The molecule has 1 saturated heterocycles. The molecule has 1 aliphatic rings. The molecule has 7 heteroatoms. The Morgan fingerprint density at radius 2 is 2.22 bits per heavy atom. The van der Waals surface area contributed by atoms with Crippen LogP contribution in [0.4, 0.5) is 0 Å². The highest BCUT2D eigenvalue weighted by atomic mass is 31.2. The minimum Gasteiger partial charge on any atom is -0.376 e. The zero-order valence-electron chi connectivity index (χ0n) is 12.0. The van der Waals surface area contributed by atoms with E-state index in [2.05, 4.69) is 4.52 Å². The summed E-state index contributed by atoms with van der Waals surface area (Å²) in [5.41, 5.74) is 0. The summed E-state index contributed by atoms with van der Waals surface area (Å²) in [6, 6.07) is -0.141. The second-order valence-electron chi connectivity index (χ2n) is 4.22. The van der Waals surface area contributed by atoms with Crippen LogP contribution in [0.15, 0.2) is 11.9 Å². The lowest BCUT2D eigenvalue weighted by Crippen LogP contribution is -2.35. The molecule has 0 aliphatic carbocycles. The molecule has 0 radical (unpaired) electrons. The molecule has 0 aromatic heterocycles. The van der Waals surface area contributed by atoms with Crippen LogP contribution in [-0.4, -0.2) is 50.1 Å². The third-order valence-electron chi connectivity index (χ3n) is 2.50. The first-order valence-electron chi connectivity index (χ1n) is 6.18. The number of hydrogen-bond donors (Lipinski definition) is 1. The van der Waals surface area contributed by atoms with Crippen LogP contribution in [0, 0.1) is 0 Å². The molecule has 0 spiro atoms. The molecule has 0 saturated carbocycles. The maximum atomic E-state index is 11.4. The SMILES string of the molecule is [2H]/C(=C\P(=O)(O)OC)[C@H]1OC[C@H](OC)[C@@H]1OC(C)C. The summed E-state index contributed by atoms with van der Waals surface area (Å²) < 4.78 is 40.1. The van der Waals surface area contributed by atoms with Gasteiger partial charge in [0.05, 0.1) is 14.1 Å². The maximum Gasteiger partial charge on any atom is 0.351 e. The molecule has 18 heavy (non-hydrogen) atoms. The van der Waals surface area contributed by atoms with Crippen LogP contribution in [0.3, 0.4) is 0 Å². The molecular formula is C11H21O6P. The van der Waals surface area contributed by atoms with Crippen LogP contribution < -0.4 is 0 Å². The van der Waals surface area contributed by atoms with E-state index in [1.54, 1.807) is 0 Å². The fraction of sp³-hybridized carbons (Fsp3) is 0.818. The standard InChI is InChI=1S/C11H21O6P/c1-8(2)17-11-9(16-7-10(11)14-3)5-6-18(12,13)15-4/h5-6,8-11H,7H2,1-4H3,(H,12,13)/b6-5+/t9-,10+,11-/m1/s1/i5D. The lowest BCUT2D eigenvalue weighted by molar-refractivity contribution is -0.0659. The second kappa shape index (κ2) is 6.80. The quantitative estimate of drug-likeness (QED) is 0.744. The molecule has 1 unspecified atom stereocenters. The number of rotatable bonds is 6. The maximum absolute atomic E-state index is 11.4. The third-order valence-corrected chi connectivity index (χ3v) is 3.50. The molecule has 1 aliphatic heterocycles. The largest absolute Gasteiger partial charge is 0.376 e. The van der Waals surface area contributed by atoms with Gasteiger partial charge < -0.3 is 23.6 Å². The minimum atomic E-state index is -3.90. The van der Waals surface area contributed by atoms with Gasteiger partial charge in [0.1, 0.15) is 18.3 Å². The first kappa shape index (κ1) is 14.2. The molecule has 0 bridgehead atoms. The molecule has 0 amide bonds. The van der Waals surface area contributed by atoms with E-state index in [1.807, 2.05) is 13.8 Å². The van der Waals surface area contributed by atoms with Gasteiger partial charge in [-0.1, -0.05) is 0 Å². The van der Waals surface area contributed by atoms with Gasteiger partial charge in [0, 0.05) is 20.0 Å². The van der Waals surface area contributed by atoms with Gasteiger partial charge in [-0.15, -0.1) is 0 Å². The Kier molecular flexibility index (Phi) is 5.36. The molecule has 0 aromatic rings. The van der Waals surface area contributed by atoms with E-state index < -0.39 is 19.8 Å². The average molecular weight is 281 g/mol. The van der Waals surface area contributed by atoms with Gasteiger partial charge in [-0.25, -0.2) is 0 Å². The summed E-state index contributed by atoms with van der Waals surface area (Å²) in [5, 5.41) is 0. The van der Waals surface area contributed by atoms with E-state index in [0.29, 0.717) is 0 Å². The zero-order chi connectivity index (χ0) is 14.6. The summed E-state index contributed by atoms with van der Waals surface area (Å²) >= 11 is 0. The molecule has 1 rings (SSSR count). The fourth-order valence-electron chi connectivity index (χ4n) is 1.62. The zero-order valence-corrected chi connectivity index (χ0v) is 11.9. The van der Waals surface area contributed by atoms with Crippen molar-refractivity contribution in [2.24, 2.45) is 0 Å². The number of methoxy groups -OCH3 is 1. The Morgan fingerprint density at radius 3 is 2.72 bits per heavy atom. The third kappa shape index (κ3) is 4.46. The van der Waals surface area contributed by atoms with E-state index in [9.17, 15) is 9.46 Å². The van der Waals surface area contributed by atoms with Crippen LogP contribution in [0.25, 0.3) is 0 Å². The smallest absolute Gasteiger partial charge is 0.351 e. The first-order valence-corrected chi connectivity index (χ1v) is 7.32. The number of hydrogen-bond acceptors (Lipinski definition) is 5. The second-order valence-corrected chi connectivity index (χ2v) is 5.97. The van der Waals surface area contributed by atoms with Gasteiger partial charge >= 0.3 is 7.60 Å². The van der Waals surface area contributed by atoms with E-state index in [1.165, 1.54) is 7.11 Å². The predicted molar refractivity (Wildman–Crippen MR) is 66.5 cm³/mol. The molecule has 1 fully saturated rings. The summed E-state index contributed by atoms with van der Waals surface area (Å²) in [4.78, 5) is 9.35. The van der Waals surface area contributed by atoms with Crippen molar-refractivity contribution in [3.8, 4) is 0 Å². The van der Waals surface area contributed by atoms with Crippen LogP contribution in [0.5, 0.6) is 0 Å². The van der Waals surface area contributed by atoms with Crippen LogP contribution in [0.2, 0.25) is 0 Å². The van der Waals surface area contributed by atoms with Crippen molar-refractivity contribution >= 4 is 7.60 Å².